The van der Waals surface area contributed by atoms with E-state index in [4.69, 9.17) is 7.85 Å². The number of hydrogen-bond acceptors (Lipinski definition) is 2. The van der Waals surface area contributed by atoms with Crippen molar-refractivity contribution in [2.45, 2.75) is 6.92 Å². The van der Waals surface area contributed by atoms with E-state index in [2.05, 4.69) is 5.10 Å². The highest BCUT2D eigenvalue weighted by molar-refractivity contribution is 6.35. The topological polar surface area (TPSA) is 15.6 Å². The molecule has 0 heterocycles. The van der Waals surface area contributed by atoms with Crippen molar-refractivity contribution in [2.75, 3.05) is 12.1 Å². The molecule has 0 amide bonds. The molecule has 0 saturated carbocycles. The van der Waals surface area contributed by atoms with Gasteiger partial charge in [-0.15, -0.1) is 0 Å². The Morgan fingerprint density at radius 2 is 2.08 bits per heavy atom. The van der Waals surface area contributed by atoms with Crippen LogP contribution < -0.4 is 10.5 Å². The molecule has 1 rings (SSSR count). The number of benzene rings is 1. The summed E-state index contributed by atoms with van der Waals surface area (Å²) in [6.45, 7) is 1.87. The predicted octanol–water partition coefficient (Wildman–Crippen LogP) is 0.922. The molecule has 0 aromatic heterocycles. The fraction of sp³-hybridized carbons (Fsp3) is 0.222. The van der Waals surface area contributed by atoms with Gasteiger partial charge < -0.3 is 0 Å². The molecule has 60 valence electrons. The average molecular weight is 158 g/mol. The molecule has 0 fully saturated rings. The first-order valence-corrected chi connectivity index (χ1v) is 3.82. The van der Waals surface area contributed by atoms with E-state index in [1.165, 1.54) is 0 Å². The van der Waals surface area contributed by atoms with Crippen LogP contribution in [0.15, 0.2) is 29.4 Å². The van der Waals surface area contributed by atoms with Crippen LogP contribution in [0.1, 0.15) is 6.92 Å². The monoisotopic (exact) mass is 158 g/mol. The lowest BCUT2D eigenvalue weighted by atomic mass is 9.94. The van der Waals surface area contributed by atoms with Crippen molar-refractivity contribution < 1.29 is 0 Å². The molecule has 12 heavy (non-hydrogen) atoms. The third kappa shape index (κ3) is 1.88. The van der Waals surface area contributed by atoms with Gasteiger partial charge in [-0.2, -0.15) is 5.10 Å². The summed E-state index contributed by atoms with van der Waals surface area (Å²) in [5, 5.41) is 5.83. The molecule has 0 N–H and O–H groups in total. The van der Waals surface area contributed by atoms with E-state index in [0.717, 1.165) is 11.2 Å². The summed E-state index contributed by atoms with van der Waals surface area (Å²) < 4.78 is 0. The van der Waals surface area contributed by atoms with Crippen LogP contribution in [0.25, 0.3) is 0 Å². The standard InChI is InChI=1S/C9H11BN2/c1-3-11-12(2)9-7-5-4-6-8(9)10/h3-7H,1-2H3/b11-3-. The van der Waals surface area contributed by atoms with Gasteiger partial charge in [0.05, 0.1) is 5.69 Å². The number of rotatable bonds is 2. The molecule has 0 atom stereocenters. The highest BCUT2D eigenvalue weighted by Gasteiger charge is 1.98. The van der Waals surface area contributed by atoms with Crippen molar-refractivity contribution in [1.29, 1.82) is 0 Å². The summed E-state index contributed by atoms with van der Waals surface area (Å²) in [5.41, 5.74) is 1.67. The molecule has 3 heteroatoms. The first-order valence-electron chi connectivity index (χ1n) is 3.82. The fourth-order valence-corrected chi connectivity index (χ4v) is 1.02. The van der Waals surface area contributed by atoms with Gasteiger partial charge in [0.1, 0.15) is 7.85 Å². The molecular weight excluding hydrogens is 147 g/mol. The van der Waals surface area contributed by atoms with Crippen LogP contribution in [0.4, 0.5) is 5.69 Å². The van der Waals surface area contributed by atoms with E-state index in [-0.39, 0.29) is 0 Å². The second-order valence-electron chi connectivity index (χ2n) is 2.46. The van der Waals surface area contributed by atoms with Gasteiger partial charge in [-0.3, -0.25) is 5.01 Å². The largest absolute Gasteiger partial charge is 0.270 e. The first kappa shape index (κ1) is 8.85. The van der Waals surface area contributed by atoms with Crippen molar-refractivity contribution in [1.82, 2.24) is 0 Å². The third-order valence-electron chi connectivity index (χ3n) is 1.57. The van der Waals surface area contributed by atoms with Gasteiger partial charge in [-0.25, -0.2) is 0 Å². The van der Waals surface area contributed by atoms with Crippen molar-refractivity contribution in [3.63, 3.8) is 0 Å². The summed E-state index contributed by atoms with van der Waals surface area (Å²) in [6.07, 6.45) is 1.73. The fourth-order valence-electron chi connectivity index (χ4n) is 1.02. The highest BCUT2D eigenvalue weighted by Crippen LogP contribution is 2.06. The first-order chi connectivity index (χ1) is 5.75. The Hall–Kier alpha value is -1.25. The van der Waals surface area contributed by atoms with Crippen molar-refractivity contribution in [3.8, 4) is 0 Å². The van der Waals surface area contributed by atoms with E-state index in [9.17, 15) is 0 Å². The van der Waals surface area contributed by atoms with E-state index >= 15 is 0 Å². The predicted molar refractivity (Wildman–Crippen MR) is 54.4 cm³/mol. The maximum Gasteiger partial charge on any atom is 0.116 e. The van der Waals surface area contributed by atoms with Crippen LogP contribution in [0.3, 0.4) is 0 Å². The lowest BCUT2D eigenvalue weighted by Gasteiger charge is -2.14. The zero-order chi connectivity index (χ0) is 8.97. The molecule has 0 unspecified atom stereocenters. The minimum absolute atomic E-state index is 0.741. The third-order valence-corrected chi connectivity index (χ3v) is 1.57. The van der Waals surface area contributed by atoms with Gasteiger partial charge in [0.2, 0.25) is 0 Å². The van der Waals surface area contributed by atoms with Crippen molar-refractivity contribution in [3.05, 3.63) is 24.3 Å². The van der Waals surface area contributed by atoms with Crippen LogP contribution in [-0.4, -0.2) is 21.1 Å². The molecule has 1 aromatic rings. The summed E-state index contributed by atoms with van der Waals surface area (Å²) in [4.78, 5) is 0. The molecular formula is C9H11BN2. The van der Waals surface area contributed by atoms with Crippen molar-refractivity contribution >= 4 is 25.2 Å². The minimum atomic E-state index is 0.741. The maximum absolute atomic E-state index is 5.74. The summed E-state index contributed by atoms with van der Waals surface area (Å²) in [5.74, 6) is 0. The molecule has 0 aliphatic heterocycles. The Morgan fingerprint density at radius 3 is 2.67 bits per heavy atom. The lowest BCUT2D eigenvalue weighted by molar-refractivity contribution is 1.03. The Labute approximate surface area is 74.3 Å². The Morgan fingerprint density at radius 1 is 1.42 bits per heavy atom. The van der Waals surface area contributed by atoms with Gasteiger partial charge in [0, 0.05) is 13.3 Å². The molecule has 2 nitrogen and oxygen atoms in total. The van der Waals surface area contributed by atoms with Gasteiger partial charge >= 0.3 is 0 Å². The van der Waals surface area contributed by atoms with E-state index in [1.54, 1.807) is 11.2 Å². The van der Waals surface area contributed by atoms with E-state index in [0.29, 0.717) is 0 Å². The van der Waals surface area contributed by atoms with Crippen LogP contribution in [0, 0.1) is 0 Å². The Balaban J connectivity index is 2.94. The van der Waals surface area contributed by atoms with Crippen LogP contribution in [-0.2, 0) is 0 Å². The van der Waals surface area contributed by atoms with Crippen LogP contribution >= 0.6 is 0 Å². The SMILES string of the molecule is [B]c1ccccc1N(C)/N=C\C. The maximum atomic E-state index is 5.74. The van der Waals surface area contributed by atoms with E-state index in [1.807, 2.05) is 38.2 Å². The van der Waals surface area contributed by atoms with Gasteiger partial charge in [0.15, 0.2) is 0 Å². The Kier molecular flexibility index (Phi) is 2.91. The summed E-state index contributed by atoms with van der Waals surface area (Å²) in [7, 11) is 7.60. The molecule has 2 radical (unpaired) electrons. The van der Waals surface area contributed by atoms with Crippen LogP contribution in [0.5, 0.6) is 0 Å². The quantitative estimate of drug-likeness (QED) is 0.355. The van der Waals surface area contributed by atoms with Crippen LogP contribution in [0.2, 0.25) is 0 Å². The minimum Gasteiger partial charge on any atom is -0.270 e. The lowest BCUT2D eigenvalue weighted by Crippen LogP contribution is -2.18. The number of hydrazone groups is 1. The van der Waals surface area contributed by atoms with Gasteiger partial charge in [-0.05, 0) is 13.0 Å². The van der Waals surface area contributed by atoms with Gasteiger partial charge in [0.25, 0.3) is 0 Å². The summed E-state index contributed by atoms with van der Waals surface area (Å²) in [6, 6.07) is 7.63. The highest BCUT2D eigenvalue weighted by atomic mass is 15.4. The molecule has 0 spiro atoms. The normalized spacial score (nSPS) is 10.5. The molecule has 0 saturated heterocycles. The Bertz CT molecular complexity index is 284. The molecule has 0 aliphatic carbocycles. The molecule has 1 aromatic carbocycles. The summed E-state index contributed by atoms with van der Waals surface area (Å²) >= 11 is 0. The number of para-hydroxylation sites is 1. The number of anilines is 1. The zero-order valence-corrected chi connectivity index (χ0v) is 7.36. The molecule has 0 aliphatic rings. The van der Waals surface area contributed by atoms with E-state index < -0.39 is 0 Å². The number of hydrogen-bond donors (Lipinski definition) is 0. The smallest absolute Gasteiger partial charge is 0.116 e. The van der Waals surface area contributed by atoms with Crippen molar-refractivity contribution in [2.24, 2.45) is 5.10 Å². The zero-order valence-electron chi connectivity index (χ0n) is 7.36. The molecule has 0 bridgehead atoms. The van der Waals surface area contributed by atoms with Gasteiger partial charge in [-0.1, -0.05) is 23.7 Å². The number of nitrogens with zero attached hydrogens (tertiary/aromatic N) is 2. The second kappa shape index (κ2) is 3.95. The average Bonchev–Trinajstić information content (AvgIpc) is 2.05. The second-order valence-corrected chi connectivity index (χ2v) is 2.46.